The fraction of sp³-hybridized carbons (Fsp3) is 0.136. The molecule has 3 aromatic carbocycles. The number of methoxy groups -OCH3 is 1. The molecule has 0 bridgehead atoms. The maximum Gasteiger partial charge on any atom is 0.262 e. The van der Waals surface area contributed by atoms with Crippen LogP contribution in [0.25, 0.3) is 0 Å². The average molecular weight is 376 g/mol. The lowest BCUT2D eigenvalue weighted by molar-refractivity contribution is 0.0974. The van der Waals surface area contributed by atoms with Crippen LogP contribution in [-0.2, 0) is 0 Å². The quantitative estimate of drug-likeness (QED) is 0.597. The lowest BCUT2D eigenvalue weighted by Gasteiger charge is -2.38. The summed E-state index contributed by atoms with van der Waals surface area (Å²) in [6, 6.07) is 18.0. The summed E-state index contributed by atoms with van der Waals surface area (Å²) in [4.78, 5) is 15.0. The van der Waals surface area contributed by atoms with E-state index in [1.807, 2.05) is 49.4 Å². The number of fused-ring (bicyclic) bond motifs is 1. The summed E-state index contributed by atoms with van der Waals surface area (Å²) in [5, 5.41) is 23.5. The second kappa shape index (κ2) is 6.81. The Balaban J connectivity index is 1.89. The number of aryl methyl sites for hydroxylation is 1. The van der Waals surface area contributed by atoms with Gasteiger partial charge in [0.05, 0.1) is 12.7 Å². The van der Waals surface area contributed by atoms with E-state index < -0.39 is 6.17 Å². The number of phenolic OH excluding ortho intramolecular Hbond substituents is 2. The Labute approximate surface area is 162 Å². The van der Waals surface area contributed by atoms with Crippen LogP contribution in [0.5, 0.6) is 17.2 Å². The summed E-state index contributed by atoms with van der Waals surface area (Å²) in [6.45, 7) is 1.98. The molecule has 1 aliphatic rings. The number of para-hydroxylation sites is 1. The summed E-state index contributed by atoms with van der Waals surface area (Å²) in [7, 11) is 1.41. The Hall–Kier alpha value is -3.67. The molecule has 1 amide bonds. The molecule has 1 aliphatic heterocycles. The molecular formula is C22H20N2O4. The van der Waals surface area contributed by atoms with Crippen molar-refractivity contribution in [1.82, 2.24) is 0 Å². The number of nitrogens with zero attached hydrogens (tertiary/aromatic N) is 1. The molecule has 0 radical (unpaired) electrons. The third-order valence-electron chi connectivity index (χ3n) is 4.85. The Morgan fingerprint density at radius 2 is 1.75 bits per heavy atom. The van der Waals surface area contributed by atoms with Crippen LogP contribution in [-0.4, -0.2) is 23.2 Å². The van der Waals surface area contributed by atoms with Crippen molar-refractivity contribution >= 4 is 17.3 Å². The first-order chi connectivity index (χ1) is 13.5. The number of amides is 1. The Kier molecular flexibility index (Phi) is 4.31. The number of phenols is 2. The Morgan fingerprint density at radius 3 is 2.46 bits per heavy atom. The highest BCUT2D eigenvalue weighted by Gasteiger charge is 2.34. The van der Waals surface area contributed by atoms with E-state index in [2.05, 4.69) is 5.32 Å². The van der Waals surface area contributed by atoms with Gasteiger partial charge < -0.3 is 20.3 Å². The number of benzene rings is 3. The van der Waals surface area contributed by atoms with Gasteiger partial charge in [-0.2, -0.15) is 0 Å². The highest BCUT2D eigenvalue weighted by atomic mass is 16.5. The van der Waals surface area contributed by atoms with Gasteiger partial charge in [-0.1, -0.05) is 29.8 Å². The molecule has 3 aromatic rings. The van der Waals surface area contributed by atoms with Crippen molar-refractivity contribution in [1.29, 1.82) is 0 Å². The largest absolute Gasteiger partial charge is 0.504 e. The molecule has 0 spiro atoms. The number of carbonyl (C=O) groups is 1. The number of rotatable bonds is 3. The van der Waals surface area contributed by atoms with Crippen molar-refractivity contribution in [3.8, 4) is 17.2 Å². The molecule has 142 valence electrons. The summed E-state index contributed by atoms with van der Waals surface area (Å²) in [5.74, 6) is -0.677. The van der Waals surface area contributed by atoms with E-state index in [0.29, 0.717) is 22.5 Å². The first-order valence-corrected chi connectivity index (χ1v) is 8.85. The number of hydrogen-bond donors (Lipinski definition) is 3. The minimum Gasteiger partial charge on any atom is -0.504 e. The van der Waals surface area contributed by atoms with Gasteiger partial charge in [-0.15, -0.1) is 0 Å². The van der Waals surface area contributed by atoms with E-state index in [4.69, 9.17) is 4.74 Å². The first-order valence-electron chi connectivity index (χ1n) is 8.85. The molecule has 0 saturated heterocycles. The number of nitrogens with one attached hydrogen (secondary N) is 1. The van der Waals surface area contributed by atoms with Crippen LogP contribution in [0.4, 0.5) is 11.4 Å². The van der Waals surface area contributed by atoms with Crippen LogP contribution in [0.3, 0.4) is 0 Å². The molecule has 6 nitrogen and oxygen atoms in total. The third kappa shape index (κ3) is 2.89. The number of aromatic hydroxyl groups is 2. The third-order valence-corrected chi connectivity index (χ3v) is 4.85. The van der Waals surface area contributed by atoms with E-state index in [1.54, 1.807) is 17.0 Å². The summed E-state index contributed by atoms with van der Waals surface area (Å²) in [6.07, 6.45) is -0.592. The minimum absolute atomic E-state index is 0.131. The monoisotopic (exact) mass is 376 g/mol. The predicted molar refractivity (Wildman–Crippen MR) is 107 cm³/mol. The molecule has 0 unspecified atom stereocenters. The minimum atomic E-state index is -0.592. The molecule has 0 fully saturated rings. The normalized spacial score (nSPS) is 15.7. The van der Waals surface area contributed by atoms with E-state index in [1.165, 1.54) is 13.2 Å². The van der Waals surface area contributed by atoms with Crippen molar-refractivity contribution < 1.29 is 19.7 Å². The van der Waals surface area contributed by atoms with Crippen LogP contribution in [0.15, 0.2) is 60.7 Å². The maximum atomic E-state index is 13.3. The molecule has 1 atom stereocenters. The van der Waals surface area contributed by atoms with Crippen molar-refractivity contribution in [2.45, 2.75) is 13.1 Å². The molecule has 0 aromatic heterocycles. The van der Waals surface area contributed by atoms with Crippen LogP contribution >= 0.6 is 0 Å². The molecule has 0 aliphatic carbocycles. The highest BCUT2D eigenvalue weighted by molar-refractivity contribution is 6.12. The Bertz CT molecular complexity index is 1050. The van der Waals surface area contributed by atoms with Gasteiger partial charge in [0.1, 0.15) is 6.17 Å². The van der Waals surface area contributed by atoms with Gasteiger partial charge in [0.15, 0.2) is 11.5 Å². The van der Waals surface area contributed by atoms with Gasteiger partial charge in [0.25, 0.3) is 5.91 Å². The molecule has 0 saturated carbocycles. The standard InChI is InChI=1S/C22H20N2O4/c1-13-7-9-15(10-8-13)24-21(14-11-18(25)20(26)19(12-14)28-2)23-17-6-4-3-5-16(17)22(24)27/h3-12,21,23,25-26H,1-2H3/t21-/m1/s1. The number of ether oxygens (including phenoxy) is 1. The molecule has 1 heterocycles. The number of anilines is 2. The maximum absolute atomic E-state index is 13.3. The zero-order valence-corrected chi connectivity index (χ0v) is 15.5. The molecule has 3 N–H and O–H groups in total. The lowest BCUT2D eigenvalue weighted by atomic mass is 10.0. The summed E-state index contributed by atoms with van der Waals surface area (Å²) >= 11 is 0. The van der Waals surface area contributed by atoms with Gasteiger partial charge in [-0.25, -0.2) is 0 Å². The predicted octanol–water partition coefficient (Wildman–Crippen LogP) is 4.19. The van der Waals surface area contributed by atoms with E-state index >= 15 is 0 Å². The second-order valence-electron chi connectivity index (χ2n) is 6.69. The number of hydrogen-bond acceptors (Lipinski definition) is 5. The summed E-state index contributed by atoms with van der Waals surface area (Å²) < 4.78 is 5.17. The van der Waals surface area contributed by atoms with Crippen molar-refractivity contribution in [2.24, 2.45) is 0 Å². The van der Waals surface area contributed by atoms with E-state index in [9.17, 15) is 15.0 Å². The Morgan fingerprint density at radius 1 is 1.04 bits per heavy atom. The SMILES string of the molecule is COc1cc([C@@H]2Nc3ccccc3C(=O)N2c2ccc(C)cc2)cc(O)c1O. The smallest absolute Gasteiger partial charge is 0.262 e. The van der Waals surface area contributed by atoms with E-state index in [0.717, 1.165) is 5.56 Å². The zero-order chi connectivity index (χ0) is 19.8. The molecule has 6 heteroatoms. The van der Waals surface area contributed by atoms with Crippen molar-refractivity contribution in [3.05, 3.63) is 77.4 Å². The average Bonchev–Trinajstić information content (AvgIpc) is 2.71. The van der Waals surface area contributed by atoms with Crippen LogP contribution in [0, 0.1) is 6.92 Å². The lowest BCUT2D eigenvalue weighted by Crippen LogP contribution is -2.43. The molecule has 28 heavy (non-hydrogen) atoms. The van der Waals surface area contributed by atoms with Crippen molar-refractivity contribution in [3.63, 3.8) is 0 Å². The van der Waals surface area contributed by atoms with Gasteiger partial charge in [0, 0.05) is 16.9 Å². The van der Waals surface area contributed by atoms with Gasteiger partial charge in [-0.05, 0) is 43.3 Å². The first kappa shape index (κ1) is 17.7. The van der Waals surface area contributed by atoms with Crippen LogP contribution in [0.2, 0.25) is 0 Å². The van der Waals surface area contributed by atoms with Crippen LogP contribution < -0.4 is 15.0 Å². The van der Waals surface area contributed by atoms with Crippen molar-refractivity contribution in [2.75, 3.05) is 17.3 Å². The van der Waals surface area contributed by atoms with Gasteiger partial charge in [0.2, 0.25) is 5.75 Å². The highest BCUT2D eigenvalue weighted by Crippen LogP contribution is 2.42. The summed E-state index contributed by atoms with van der Waals surface area (Å²) in [5.41, 5.74) is 3.65. The van der Waals surface area contributed by atoms with E-state index in [-0.39, 0.29) is 23.2 Å². The zero-order valence-electron chi connectivity index (χ0n) is 15.5. The number of carbonyl (C=O) groups excluding carboxylic acids is 1. The second-order valence-corrected chi connectivity index (χ2v) is 6.69. The molecule has 4 rings (SSSR count). The topological polar surface area (TPSA) is 82.0 Å². The molecular weight excluding hydrogens is 356 g/mol. The fourth-order valence-electron chi connectivity index (χ4n) is 3.39. The van der Waals surface area contributed by atoms with Gasteiger partial charge in [-0.3, -0.25) is 9.69 Å². The fourth-order valence-corrected chi connectivity index (χ4v) is 3.39. The van der Waals surface area contributed by atoms with Crippen LogP contribution in [0.1, 0.15) is 27.7 Å². The van der Waals surface area contributed by atoms with Gasteiger partial charge >= 0.3 is 0 Å².